The van der Waals surface area contributed by atoms with Crippen molar-refractivity contribution >= 4 is 21.8 Å². The van der Waals surface area contributed by atoms with Crippen LogP contribution in [0.3, 0.4) is 0 Å². The maximum atomic E-state index is 5.13. The Morgan fingerprint density at radius 2 is 0.932 bits per heavy atom. The third kappa shape index (κ3) is 4.59. The van der Waals surface area contributed by atoms with Gasteiger partial charge in [-0.2, -0.15) is 0 Å². The van der Waals surface area contributed by atoms with E-state index >= 15 is 0 Å². The second kappa shape index (κ2) is 10.7. The predicted molar refractivity (Wildman–Crippen MR) is 176 cm³/mol. The number of aryl methyl sites for hydroxylation is 1. The number of rotatable bonds is 5. The topological polar surface area (TPSA) is 69.4 Å². The molecule has 0 unspecified atom stereocenters. The molecular formula is C38H26N6. The summed E-state index contributed by atoms with van der Waals surface area (Å²) < 4.78 is 2.15. The molecule has 0 amide bonds. The molecule has 8 aromatic rings. The summed E-state index contributed by atoms with van der Waals surface area (Å²) in [6.07, 6.45) is 0. The van der Waals surface area contributed by atoms with Crippen molar-refractivity contribution in [2.75, 3.05) is 0 Å². The zero-order valence-corrected chi connectivity index (χ0v) is 24.0. The van der Waals surface area contributed by atoms with Gasteiger partial charge in [0.25, 0.3) is 0 Å². The molecule has 6 heteroatoms. The normalized spacial score (nSPS) is 11.3. The summed E-state index contributed by atoms with van der Waals surface area (Å²) in [4.78, 5) is 24.4. The minimum absolute atomic E-state index is 0.617. The highest BCUT2D eigenvalue weighted by Crippen LogP contribution is 2.35. The van der Waals surface area contributed by atoms with Crippen molar-refractivity contribution < 1.29 is 0 Å². The fourth-order valence-electron chi connectivity index (χ4n) is 5.70. The largest absolute Gasteiger partial charge is 0.278 e. The van der Waals surface area contributed by atoms with Crippen LogP contribution in [0.1, 0.15) is 5.82 Å². The molecule has 0 fully saturated rings. The zero-order valence-electron chi connectivity index (χ0n) is 24.0. The molecule has 0 saturated carbocycles. The van der Waals surface area contributed by atoms with Gasteiger partial charge < -0.3 is 0 Å². The van der Waals surface area contributed by atoms with Gasteiger partial charge >= 0.3 is 0 Å². The first-order valence-electron chi connectivity index (χ1n) is 14.5. The average molecular weight is 567 g/mol. The van der Waals surface area contributed by atoms with E-state index in [4.69, 9.17) is 19.9 Å². The number of hydrogen-bond donors (Lipinski definition) is 0. The van der Waals surface area contributed by atoms with Crippen molar-refractivity contribution in [2.24, 2.45) is 0 Å². The van der Waals surface area contributed by atoms with E-state index in [0.29, 0.717) is 23.4 Å². The minimum Gasteiger partial charge on any atom is -0.278 e. The molecule has 0 aliphatic carbocycles. The molecule has 5 aromatic carbocycles. The molecule has 6 nitrogen and oxygen atoms in total. The number of aromatic nitrogens is 6. The quantitative estimate of drug-likeness (QED) is 0.208. The van der Waals surface area contributed by atoms with E-state index in [1.165, 1.54) is 0 Å². The molecule has 0 spiro atoms. The SMILES string of the molecule is Cc1nc(-c2ccccc2)nc(-c2ccc3c(c2)c2ccccc2n3-c2nc(-c3ccccc3)cc(-c3ccccc3)n2)n1. The van der Waals surface area contributed by atoms with Gasteiger partial charge in [0.1, 0.15) is 5.82 Å². The first-order valence-corrected chi connectivity index (χ1v) is 14.5. The Balaban J connectivity index is 1.34. The van der Waals surface area contributed by atoms with E-state index in [1.54, 1.807) is 0 Å². The monoisotopic (exact) mass is 566 g/mol. The molecule has 44 heavy (non-hydrogen) atoms. The lowest BCUT2D eigenvalue weighted by atomic mass is 10.1. The number of nitrogens with zero attached hydrogens (tertiary/aromatic N) is 6. The number of fused-ring (bicyclic) bond motifs is 3. The summed E-state index contributed by atoms with van der Waals surface area (Å²) in [5.74, 6) is 2.60. The van der Waals surface area contributed by atoms with Crippen LogP contribution in [0.15, 0.2) is 140 Å². The lowest BCUT2D eigenvalue weighted by molar-refractivity contribution is 0.990. The van der Waals surface area contributed by atoms with Gasteiger partial charge in [-0.15, -0.1) is 0 Å². The fraction of sp³-hybridized carbons (Fsp3) is 0.0263. The van der Waals surface area contributed by atoms with Crippen LogP contribution in [0.5, 0.6) is 0 Å². The average Bonchev–Trinajstić information content (AvgIpc) is 3.43. The van der Waals surface area contributed by atoms with E-state index in [0.717, 1.165) is 55.4 Å². The summed E-state index contributed by atoms with van der Waals surface area (Å²) >= 11 is 0. The van der Waals surface area contributed by atoms with Gasteiger partial charge in [-0.05, 0) is 37.3 Å². The summed E-state index contributed by atoms with van der Waals surface area (Å²) in [6, 6.07) is 47.3. The Bertz CT molecular complexity index is 2220. The van der Waals surface area contributed by atoms with Gasteiger partial charge in [0.15, 0.2) is 11.6 Å². The Kier molecular flexibility index (Phi) is 6.23. The molecule has 3 heterocycles. The third-order valence-corrected chi connectivity index (χ3v) is 7.76. The minimum atomic E-state index is 0.617. The molecule has 8 rings (SSSR count). The maximum Gasteiger partial charge on any atom is 0.235 e. The second-order valence-electron chi connectivity index (χ2n) is 10.7. The van der Waals surface area contributed by atoms with Crippen molar-refractivity contribution in [1.82, 2.24) is 29.5 Å². The molecule has 0 bridgehead atoms. The van der Waals surface area contributed by atoms with Crippen molar-refractivity contribution in [3.05, 3.63) is 145 Å². The molecule has 3 aromatic heterocycles. The lowest BCUT2D eigenvalue weighted by Gasteiger charge is -2.12. The third-order valence-electron chi connectivity index (χ3n) is 7.76. The maximum absolute atomic E-state index is 5.13. The molecule has 0 saturated heterocycles. The van der Waals surface area contributed by atoms with Crippen LogP contribution in [0, 0.1) is 6.92 Å². The van der Waals surface area contributed by atoms with Crippen molar-refractivity contribution in [1.29, 1.82) is 0 Å². The Hall–Kier alpha value is -6.01. The Labute approximate surface area is 254 Å². The first-order chi connectivity index (χ1) is 21.7. The van der Waals surface area contributed by atoms with E-state index < -0.39 is 0 Å². The van der Waals surface area contributed by atoms with Gasteiger partial charge in [0, 0.05) is 33.0 Å². The van der Waals surface area contributed by atoms with Gasteiger partial charge in [0.2, 0.25) is 5.95 Å². The van der Waals surface area contributed by atoms with Crippen LogP contribution >= 0.6 is 0 Å². The molecule has 0 radical (unpaired) electrons. The Morgan fingerprint density at radius 1 is 0.409 bits per heavy atom. The van der Waals surface area contributed by atoms with Crippen LogP contribution in [-0.4, -0.2) is 29.5 Å². The number of hydrogen-bond acceptors (Lipinski definition) is 5. The van der Waals surface area contributed by atoms with Crippen LogP contribution in [0.2, 0.25) is 0 Å². The van der Waals surface area contributed by atoms with Crippen molar-refractivity contribution in [2.45, 2.75) is 6.92 Å². The summed E-state index contributed by atoms with van der Waals surface area (Å²) in [6.45, 7) is 1.91. The number of para-hydroxylation sites is 1. The zero-order chi connectivity index (χ0) is 29.5. The van der Waals surface area contributed by atoms with Crippen LogP contribution < -0.4 is 0 Å². The molecule has 0 aliphatic rings. The molecule has 0 aliphatic heterocycles. The smallest absolute Gasteiger partial charge is 0.235 e. The second-order valence-corrected chi connectivity index (χ2v) is 10.7. The predicted octanol–water partition coefficient (Wildman–Crippen LogP) is 8.74. The van der Waals surface area contributed by atoms with Gasteiger partial charge in [0.05, 0.1) is 22.4 Å². The molecule has 0 N–H and O–H groups in total. The molecule has 0 atom stereocenters. The van der Waals surface area contributed by atoms with Crippen LogP contribution in [0.25, 0.3) is 73.0 Å². The van der Waals surface area contributed by atoms with Gasteiger partial charge in [-0.1, -0.05) is 109 Å². The van der Waals surface area contributed by atoms with E-state index in [-0.39, 0.29) is 0 Å². The lowest BCUT2D eigenvalue weighted by Crippen LogP contribution is -2.04. The van der Waals surface area contributed by atoms with E-state index in [1.807, 2.05) is 73.7 Å². The van der Waals surface area contributed by atoms with Crippen LogP contribution in [0.4, 0.5) is 0 Å². The highest BCUT2D eigenvalue weighted by molar-refractivity contribution is 6.10. The molecular weight excluding hydrogens is 540 g/mol. The van der Waals surface area contributed by atoms with E-state index in [2.05, 4.69) is 82.3 Å². The highest BCUT2D eigenvalue weighted by atomic mass is 15.2. The van der Waals surface area contributed by atoms with Crippen LogP contribution in [-0.2, 0) is 0 Å². The van der Waals surface area contributed by atoms with Gasteiger partial charge in [-0.25, -0.2) is 24.9 Å². The van der Waals surface area contributed by atoms with E-state index in [9.17, 15) is 0 Å². The van der Waals surface area contributed by atoms with Gasteiger partial charge in [-0.3, -0.25) is 4.57 Å². The highest BCUT2D eigenvalue weighted by Gasteiger charge is 2.18. The summed E-state index contributed by atoms with van der Waals surface area (Å²) in [5.41, 5.74) is 7.73. The van der Waals surface area contributed by atoms with Crippen molar-refractivity contribution in [3.8, 4) is 51.2 Å². The standard InChI is InChI=1S/C38H26N6/c1-25-39-36(28-17-9-4-10-18-28)43-37(40-25)29-21-22-35-31(23-29)30-19-11-12-20-34(30)44(35)38-41-32(26-13-5-2-6-14-26)24-33(42-38)27-15-7-3-8-16-27/h2-24H,1H3. The summed E-state index contributed by atoms with van der Waals surface area (Å²) in [7, 11) is 0. The summed E-state index contributed by atoms with van der Waals surface area (Å²) in [5, 5.41) is 2.18. The number of benzene rings is 5. The van der Waals surface area contributed by atoms with Crippen molar-refractivity contribution in [3.63, 3.8) is 0 Å². The fourth-order valence-corrected chi connectivity index (χ4v) is 5.70. The Morgan fingerprint density at radius 3 is 1.57 bits per heavy atom. The first kappa shape index (κ1) is 25.7. The molecule has 208 valence electrons.